The number of aromatic nitrogens is 2. The summed E-state index contributed by atoms with van der Waals surface area (Å²) < 4.78 is 8.24. The molecule has 0 radical (unpaired) electrons. The van der Waals surface area contributed by atoms with Crippen molar-refractivity contribution < 1.29 is 9.53 Å². The summed E-state index contributed by atoms with van der Waals surface area (Å²) in [5.74, 6) is -0.0489. The van der Waals surface area contributed by atoms with Gasteiger partial charge in [0.2, 0.25) is 0 Å². The van der Waals surface area contributed by atoms with Crippen molar-refractivity contribution in [2.24, 2.45) is 7.05 Å². The smallest absolute Gasteiger partial charge is 0.274 e. The summed E-state index contributed by atoms with van der Waals surface area (Å²) in [6.07, 6.45) is 2.90. The molecule has 2 aromatic rings. The molecule has 26 heavy (non-hydrogen) atoms. The van der Waals surface area contributed by atoms with Crippen LogP contribution in [0.4, 0.5) is 0 Å². The van der Waals surface area contributed by atoms with Gasteiger partial charge in [0.25, 0.3) is 5.91 Å². The monoisotopic (exact) mass is 374 g/mol. The molecule has 2 aliphatic rings. The average molecular weight is 375 g/mol. The number of aryl methyl sites for hydroxylation is 1. The van der Waals surface area contributed by atoms with E-state index in [9.17, 15) is 4.79 Å². The van der Waals surface area contributed by atoms with Crippen LogP contribution < -0.4 is 0 Å². The van der Waals surface area contributed by atoms with Crippen molar-refractivity contribution in [3.05, 3.63) is 39.3 Å². The fourth-order valence-electron chi connectivity index (χ4n) is 4.00. The van der Waals surface area contributed by atoms with Crippen LogP contribution in [0.15, 0.2) is 17.5 Å². The third-order valence-corrected chi connectivity index (χ3v) is 6.48. The van der Waals surface area contributed by atoms with E-state index >= 15 is 0 Å². The first-order valence-electron chi connectivity index (χ1n) is 9.12. The number of carbonyl (C=O) groups excluding carboxylic acids is 1. The molecular formula is C19H26N4O2S. The summed E-state index contributed by atoms with van der Waals surface area (Å²) in [5.41, 5.74) is 2.56. The van der Waals surface area contributed by atoms with Crippen molar-refractivity contribution in [3.8, 4) is 0 Å². The van der Waals surface area contributed by atoms with Gasteiger partial charge in [0, 0.05) is 63.3 Å². The summed E-state index contributed by atoms with van der Waals surface area (Å²) in [6.45, 7) is 3.62. The fraction of sp³-hybridized carbons (Fsp3) is 0.579. The van der Waals surface area contributed by atoms with E-state index in [0.717, 1.165) is 50.2 Å². The van der Waals surface area contributed by atoms with E-state index in [0.29, 0.717) is 12.3 Å². The van der Waals surface area contributed by atoms with Crippen LogP contribution in [0.5, 0.6) is 0 Å². The Morgan fingerprint density at radius 2 is 2.15 bits per heavy atom. The minimum absolute atomic E-state index is 0.0489. The molecule has 4 rings (SSSR count). The zero-order valence-corrected chi connectivity index (χ0v) is 16.5. The second-order valence-electron chi connectivity index (χ2n) is 7.60. The standard InChI is InChI=1S/C19H26N4O2S/c1-21(2)18(24)17-15-13-25-19(11-16(15)22(3)20-17)6-8-23(9-7-19)12-14-5-4-10-26-14/h4-5,10H,6-9,11-13H2,1-3H3. The number of rotatable bonds is 3. The molecule has 1 saturated heterocycles. The van der Waals surface area contributed by atoms with Crippen LogP contribution in [0.25, 0.3) is 0 Å². The van der Waals surface area contributed by atoms with E-state index in [-0.39, 0.29) is 11.5 Å². The molecular weight excluding hydrogens is 348 g/mol. The Morgan fingerprint density at radius 3 is 2.81 bits per heavy atom. The minimum Gasteiger partial charge on any atom is -0.370 e. The summed E-state index contributed by atoms with van der Waals surface area (Å²) in [7, 11) is 5.46. The second kappa shape index (κ2) is 6.79. The quantitative estimate of drug-likeness (QED) is 0.827. The predicted molar refractivity (Wildman–Crippen MR) is 101 cm³/mol. The number of piperidine rings is 1. The lowest BCUT2D eigenvalue weighted by molar-refractivity contribution is -0.104. The number of hydrogen-bond acceptors (Lipinski definition) is 5. The van der Waals surface area contributed by atoms with Crippen molar-refractivity contribution in [1.29, 1.82) is 0 Å². The van der Waals surface area contributed by atoms with Crippen molar-refractivity contribution in [3.63, 3.8) is 0 Å². The van der Waals surface area contributed by atoms with Crippen molar-refractivity contribution in [2.75, 3.05) is 27.2 Å². The highest BCUT2D eigenvalue weighted by atomic mass is 32.1. The summed E-state index contributed by atoms with van der Waals surface area (Å²) in [6, 6.07) is 4.32. The van der Waals surface area contributed by atoms with Crippen LogP contribution in [0, 0.1) is 0 Å². The van der Waals surface area contributed by atoms with Gasteiger partial charge in [0.15, 0.2) is 5.69 Å². The van der Waals surface area contributed by atoms with Crippen LogP contribution in [0.2, 0.25) is 0 Å². The zero-order valence-electron chi connectivity index (χ0n) is 15.7. The van der Waals surface area contributed by atoms with Crippen molar-refractivity contribution >= 4 is 17.2 Å². The van der Waals surface area contributed by atoms with Gasteiger partial charge in [-0.3, -0.25) is 14.4 Å². The van der Waals surface area contributed by atoms with Gasteiger partial charge in [-0.05, 0) is 24.3 Å². The van der Waals surface area contributed by atoms with E-state index in [1.807, 2.05) is 23.1 Å². The van der Waals surface area contributed by atoms with E-state index in [2.05, 4.69) is 27.5 Å². The highest BCUT2D eigenvalue weighted by Gasteiger charge is 2.41. The summed E-state index contributed by atoms with van der Waals surface area (Å²) >= 11 is 1.82. The van der Waals surface area contributed by atoms with Gasteiger partial charge in [-0.2, -0.15) is 5.10 Å². The molecule has 0 N–H and O–H groups in total. The fourth-order valence-corrected chi connectivity index (χ4v) is 4.75. The largest absolute Gasteiger partial charge is 0.370 e. The molecule has 140 valence electrons. The molecule has 0 bridgehead atoms. The molecule has 1 amide bonds. The first-order valence-corrected chi connectivity index (χ1v) is 10.0. The highest BCUT2D eigenvalue weighted by Crippen LogP contribution is 2.37. The van der Waals surface area contributed by atoms with Crippen LogP contribution in [0.3, 0.4) is 0 Å². The molecule has 0 atom stereocenters. The third-order valence-electron chi connectivity index (χ3n) is 5.62. The van der Waals surface area contributed by atoms with E-state index in [4.69, 9.17) is 4.74 Å². The molecule has 4 heterocycles. The SMILES string of the molecule is CN(C)C(=O)c1nn(C)c2c1COC1(CCN(Cc3cccs3)CC1)C2. The number of amides is 1. The topological polar surface area (TPSA) is 50.6 Å². The molecule has 6 nitrogen and oxygen atoms in total. The summed E-state index contributed by atoms with van der Waals surface area (Å²) in [4.78, 5) is 17.9. The molecule has 2 aliphatic heterocycles. The van der Waals surface area contributed by atoms with Gasteiger partial charge in [-0.25, -0.2) is 0 Å². The number of carbonyl (C=O) groups is 1. The Balaban J connectivity index is 1.46. The Hall–Kier alpha value is -1.70. The first-order chi connectivity index (χ1) is 12.5. The maximum Gasteiger partial charge on any atom is 0.274 e. The molecule has 7 heteroatoms. The molecule has 0 saturated carbocycles. The van der Waals surface area contributed by atoms with Crippen molar-refractivity contribution in [2.45, 2.75) is 38.0 Å². The Morgan fingerprint density at radius 1 is 1.38 bits per heavy atom. The molecule has 1 spiro atoms. The van der Waals surface area contributed by atoms with Crippen LogP contribution in [-0.2, 0) is 31.4 Å². The minimum atomic E-state index is -0.106. The van der Waals surface area contributed by atoms with Gasteiger partial charge >= 0.3 is 0 Å². The van der Waals surface area contributed by atoms with Gasteiger partial charge in [0.05, 0.1) is 12.2 Å². The Kier molecular flexibility index (Phi) is 4.62. The zero-order chi connectivity index (χ0) is 18.3. The number of nitrogens with zero attached hydrogens (tertiary/aromatic N) is 4. The predicted octanol–water partition coefficient (Wildman–Crippen LogP) is 2.29. The lowest BCUT2D eigenvalue weighted by Gasteiger charge is -2.43. The normalized spacial score (nSPS) is 19.5. The molecule has 1 fully saturated rings. The van der Waals surface area contributed by atoms with Gasteiger partial charge in [-0.1, -0.05) is 6.07 Å². The molecule has 0 aliphatic carbocycles. The number of ether oxygens (including phenoxy) is 1. The Labute approximate surface area is 158 Å². The molecule has 0 aromatic carbocycles. The van der Waals surface area contributed by atoms with Crippen LogP contribution in [-0.4, -0.2) is 58.3 Å². The lowest BCUT2D eigenvalue weighted by atomic mass is 9.83. The van der Waals surface area contributed by atoms with Gasteiger partial charge in [0.1, 0.15) is 0 Å². The molecule has 0 unspecified atom stereocenters. The second-order valence-corrected chi connectivity index (χ2v) is 8.63. The van der Waals surface area contributed by atoms with E-state index in [1.165, 1.54) is 4.88 Å². The van der Waals surface area contributed by atoms with Crippen LogP contribution >= 0.6 is 11.3 Å². The van der Waals surface area contributed by atoms with E-state index in [1.54, 1.807) is 19.0 Å². The van der Waals surface area contributed by atoms with Crippen molar-refractivity contribution in [1.82, 2.24) is 19.6 Å². The van der Waals surface area contributed by atoms with Gasteiger partial charge < -0.3 is 9.64 Å². The maximum absolute atomic E-state index is 12.4. The highest BCUT2D eigenvalue weighted by molar-refractivity contribution is 7.09. The Bertz CT molecular complexity index is 789. The number of thiophene rings is 1. The lowest BCUT2D eigenvalue weighted by Crippen LogP contribution is -2.49. The number of fused-ring (bicyclic) bond motifs is 1. The first kappa shape index (κ1) is 17.7. The summed E-state index contributed by atoms with van der Waals surface area (Å²) in [5, 5.41) is 6.63. The number of hydrogen-bond donors (Lipinski definition) is 0. The van der Waals surface area contributed by atoms with Crippen LogP contribution in [0.1, 0.15) is 39.5 Å². The molecule has 2 aromatic heterocycles. The average Bonchev–Trinajstić information content (AvgIpc) is 3.25. The maximum atomic E-state index is 12.4. The van der Waals surface area contributed by atoms with Gasteiger partial charge in [-0.15, -0.1) is 11.3 Å². The van der Waals surface area contributed by atoms with E-state index < -0.39 is 0 Å². The third kappa shape index (κ3) is 3.19. The number of likely N-dealkylation sites (tertiary alicyclic amines) is 1.